The van der Waals surface area contributed by atoms with Gasteiger partial charge in [-0.05, 0) is 96.8 Å². The second-order valence-electron chi connectivity index (χ2n) is 15.0. The topological polar surface area (TPSA) is 153 Å². The molecule has 17 heteroatoms. The number of aromatic nitrogens is 6. The smallest absolute Gasteiger partial charge is 0.350 e. The van der Waals surface area contributed by atoms with E-state index in [1.807, 2.05) is 44.2 Å². The largest absolute Gasteiger partial charge is 0.416 e. The van der Waals surface area contributed by atoms with Gasteiger partial charge in [0.15, 0.2) is 29.1 Å². The molecule has 0 amide bonds. The molecule has 0 radical (unpaired) electrons. The first kappa shape index (κ1) is 45.6. The molecule has 11 nitrogen and oxygen atoms in total. The molecule has 0 saturated carbocycles. The van der Waals surface area contributed by atoms with Crippen molar-refractivity contribution in [2.24, 2.45) is 0 Å². The maximum absolute atomic E-state index is 13.0. The number of ketones is 2. The van der Waals surface area contributed by atoms with Gasteiger partial charge < -0.3 is 9.47 Å². The molecule has 0 aliphatic rings. The van der Waals surface area contributed by atoms with Crippen LogP contribution in [0.5, 0.6) is 0 Å². The maximum atomic E-state index is 13.0. The summed E-state index contributed by atoms with van der Waals surface area (Å²) in [5.41, 5.74) is 6.21. The number of fused-ring (bicyclic) bond motifs is 2. The summed E-state index contributed by atoms with van der Waals surface area (Å²) in [6.45, 7) is 3.81. The second kappa shape index (κ2) is 18.8. The first-order valence-electron chi connectivity index (χ1n) is 19.8. The van der Waals surface area contributed by atoms with Crippen LogP contribution < -0.4 is 0 Å². The Labute approximate surface area is 366 Å². The van der Waals surface area contributed by atoms with E-state index in [4.69, 9.17) is 9.47 Å². The molecule has 65 heavy (non-hydrogen) atoms. The summed E-state index contributed by atoms with van der Waals surface area (Å²) >= 11 is 0. The predicted molar refractivity (Wildman–Crippen MR) is 229 cm³/mol. The number of rotatable bonds is 12. The van der Waals surface area contributed by atoms with Crippen LogP contribution >= 0.6 is 0 Å². The molecule has 0 atom stereocenters. The Morgan fingerprint density at radius 2 is 1.08 bits per heavy atom. The van der Waals surface area contributed by atoms with E-state index in [-0.39, 0.29) is 24.0 Å². The lowest BCUT2D eigenvalue weighted by Crippen LogP contribution is -2.09. The maximum Gasteiger partial charge on any atom is 0.416 e. The molecule has 332 valence electrons. The van der Waals surface area contributed by atoms with Crippen molar-refractivity contribution < 1.29 is 50.2 Å². The van der Waals surface area contributed by atoms with Gasteiger partial charge in [-0.15, -0.1) is 0 Å². The molecule has 8 rings (SSSR count). The van der Waals surface area contributed by atoms with E-state index in [0.29, 0.717) is 56.9 Å². The number of ether oxygens (including phenoxy) is 2. The minimum Gasteiger partial charge on any atom is -0.350 e. The highest BCUT2D eigenvalue weighted by molar-refractivity contribution is 5.99. The molecule has 4 aromatic carbocycles. The fourth-order valence-electron chi connectivity index (χ4n) is 7.16. The van der Waals surface area contributed by atoms with Gasteiger partial charge in [-0.1, -0.05) is 48.5 Å². The van der Waals surface area contributed by atoms with Crippen molar-refractivity contribution in [2.45, 2.75) is 45.3 Å². The zero-order valence-electron chi connectivity index (χ0n) is 35.1. The Morgan fingerprint density at radius 1 is 0.615 bits per heavy atom. The molecule has 0 unspecified atom stereocenters. The van der Waals surface area contributed by atoms with Gasteiger partial charge in [0.2, 0.25) is 6.29 Å². The van der Waals surface area contributed by atoms with Crippen molar-refractivity contribution in [3.8, 4) is 22.5 Å². The van der Waals surface area contributed by atoms with Crippen LogP contribution in [-0.2, 0) is 34.7 Å². The average Bonchev–Trinajstić information content (AvgIpc) is 3.91. The number of H-pyrrole nitrogens is 2. The van der Waals surface area contributed by atoms with Crippen molar-refractivity contribution in [2.75, 3.05) is 14.2 Å². The highest BCUT2D eigenvalue weighted by atomic mass is 19.4. The van der Waals surface area contributed by atoms with Crippen molar-refractivity contribution in [3.05, 3.63) is 165 Å². The van der Waals surface area contributed by atoms with Crippen molar-refractivity contribution in [1.82, 2.24) is 30.4 Å². The summed E-state index contributed by atoms with van der Waals surface area (Å²) in [7, 11) is 3.05. The Balaban J connectivity index is 0.000000195. The summed E-state index contributed by atoms with van der Waals surface area (Å²) in [6, 6.07) is 26.9. The third-order valence-electron chi connectivity index (χ3n) is 10.6. The molecule has 8 aromatic rings. The Bertz CT molecular complexity index is 3060. The molecular formula is C48H38F6N6O5. The number of methoxy groups -OCH3 is 2. The summed E-state index contributed by atoms with van der Waals surface area (Å²) in [4.78, 5) is 45.5. The van der Waals surface area contributed by atoms with Gasteiger partial charge in [0.1, 0.15) is 11.4 Å². The van der Waals surface area contributed by atoms with Gasteiger partial charge in [-0.2, -0.15) is 36.5 Å². The number of nitrogens with zero attached hydrogens (tertiary/aromatic N) is 4. The van der Waals surface area contributed by atoms with Crippen LogP contribution in [0.3, 0.4) is 0 Å². The Kier molecular flexibility index (Phi) is 13.2. The first-order valence-corrected chi connectivity index (χ1v) is 19.8. The van der Waals surface area contributed by atoms with Crippen LogP contribution in [0.4, 0.5) is 26.3 Å². The monoisotopic (exact) mass is 892 g/mol. The highest BCUT2D eigenvalue weighted by Crippen LogP contribution is 2.33. The SMILES string of the molecule is COC(OC)c1[nH]nc2nc(-c3cc(CC(=O)c4cccc(C(F)(F)F)c4)ccc3C)ccc12.Cc1ccc(CC(=O)c2cccc(C(F)(F)F)c2)cc1-c1ccc2c(C=O)[nH]nc2n1. The number of hydrogen-bond acceptors (Lipinski definition) is 9. The summed E-state index contributed by atoms with van der Waals surface area (Å²) in [5.74, 6) is -0.807. The lowest BCUT2D eigenvalue weighted by atomic mass is 9.96. The number of benzene rings is 4. The van der Waals surface area contributed by atoms with Gasteiger partial charge in [-0.3, -0.25) is 24.6 Å². The first-order chi connectivity index (χ1) is 31.0. The van der Waals surface area contributed by atoms with E-state index in [0.717, 1.165) is 51.9 Å². The summed E-state index contributed by atoms with van der Waals surface area (Å²) < 4.78 is 88.4. The van der Waals surface area contributed by atoms with E-state index >= 15 is 0 Å². The van der Waals surface area contributed by atoms with Crippen molar-refractivity contribution in [3.63, 3.8) is 0 Å². The standard InChI is InChI=1S/C25H22F3N3O3.C23H16F3N3O2/c1-14-7-8-15(12-21(32)16-5-4-6-17(13-16)25(26,27)28)11-19(14)20-10-9-18-22(24(33-2)34-3)30-31-23(18)29-20;1-13-5-6-14(10-21(31)15-3-2-4-16(11-15)23(24,25)26)9-18(13)19-8-7-17-20(12-30)28-29-22(17)27-19/h4-11,13,24H,12H2,1-3H3,(H,29,30,31);2-9,11-12H,10H2,1H3,(H,27,28,29). The number of nitrogens with one attached hydrogen (secondary N) is 2. The van der Waals surface area contributed by atoms with Gasteiger partial charge in [0.05, 0.1) is 22.5 Å². The Hall–Kier alpha value is -7.37. The summed E-state index contributed by atoms with van der Waals surface area (Å²) in [5, 5.41) is 15.2. The van der Waals surface area contributed by atoms with Crippen LogP contribution in [0.25, 0.3) is 44.6 Å². The number of aldehydes is 1. The number of halogens is 6. The number of Topliss-reactive ketones (excluding diaryl/α,β-unsaturated/α-hetero) is 2. The number of carbonyl (C=O) groups excluding carboxylic acids is 3. The molecule has 2 N–H and O–H groups in total. The molecule has 4 aromatic heterocycles. The van der Waals surface area contributed by atoms with Crippen LogP contribution in [0.1, 0.15) is 76.6 Å². The second-order valence-corrected chi connectivity index (χ2v) is 15.0. The number of carbonyl (C=O) groups is 3. The van der Waals surface area contributed by atoms with Gasteiger partial charge >= 0.3 is 12.4 Å². The van der Waals surface area contributed by atoms with E-state index in [2.05, 4.69) is 30.4 Å². The molecule has 0 saturated heterocycles. The zero-order valence-corrected chi connectivity index (χ0v) is 35.1. The minimum absolute atomic E-state index is 0.00871. The summed E-state index contributed by atoms with van der Waals surface area (Å²) in [6.07, 6.45) is -9.03. The average molecular weight is 893 g/mol. The third-order valence-corrected chi connectivity index (χ3v) is 10.6. The normalized spacial score (nSPS) is 11.8. The van der Waals surface area contributed by atoms with E-state index < -0.39 is 41.3 Å². The molecule has 0 spiro atoms. The zero-order chi connectivity index (χ0) is 46.6. The van der Waals surface area contributed by atoms with E-state index in [1.165, 1.54) is 38.5 Å². The van der Waals surface area contributed by atoms with E-state index in [9.17, 15) is 40.7 Å². The van der Waals surface area contributed by atoms with Crippen LogP contribution in [0, 0.1) is 13.8 Å². The van der Waals surface area contributed by atoms with Crippen LogP contribution in [-0.4, -0.2) is 62.4 Å². The lowest BCUT2D eigenvalue weighted by molar-refractivity contribution is -0.138. The highest BCUT2D eigenvalue weighted by Gasteiger charge is 2.32. The molecule has 0 bridgehead atoms. The minimum atomic E-state index is -4.51. The van der Waals surface area contributed by atoms with Crippen LogP contribution in [0.2, 0.25) is 0 Å². The number of hydrogen-bond donors (Lipinski definition) is 2. The van der Waals surface area contributed by atoms with Gasteiger partial charge in [0, 0.05) is 60.1 Å². The molecule has 0 fully saturated rings. The number of alkyl halides is 6. The number of pyridine rings is 2. The van der Waals surface area contributed by atoms with Gasteiger partial charge in [0.25, 0.3) is 0 Å². The number of aromatic amines is 2. The van der Waals surface area contributed by atoms with Crippen molar-refractivity contribution >= 4 is 39.9 Å². The molecule has 0 aliphatic carbocycles. The van der Waals surface area contributed by atoms with Gasteiger partial charge in [-0.25, -0.2) is 9.97 Å². The quantitative estimate of drug-likeness (QED) is 0.0528. The van der Waals surface area contributed by atoms with E-state index in [1.54, 1.807) is 30.3 Å². The fourth-order valence-corrected chi connectivity index (χ4v) is 7.16. The fraction of sp³-hybridized carbons (Fsp3) is 0.188. The Morgan fingerprint density at radius 3 is 1.54 bits per heavy atom. The van der Waals surface area contributed by atoms with Crippen LogP contribution in [0.15, 0.2) is 109 Å². The van der Waals surface area contributed by atoms with Crippen molar-refractivity contribution in [1.29, 1.82) is 0 Å². The molecule has 4 heterocycles. The lowest BCUT2D eigenvalue weighted by Gasteiger charge is -2.12. The number of aryl methyl sites for hydroxylation is 2. The predicted octanol–water partition coefficient (Wildman–Crippen LogP) is 10.9. The third kappa shape index (κ3) is 10.2. The molecular weight excluding hydrogens is 855 g/mol. The molecule has 0 aliphatic heterocycles.